The Bertz CT molecular complexity index is 1100. The van der Waals surface area contributed by atoms with Gasteiger partial charge in [0.2, 0.25) is 5.91 Å². The van der Waals surface area contributed by atoms with Crippen LogP contribution in [0.3, 0.4) is 0 Å². The predicted molar refractivity (Wildman–Crippen MR) is 125 cm³/mol. The quantitative estimate of drug-likeness (QED) is 0.444. The van der Waals surface area contributed by atoms with Crippen molar-refractivity contribution in [1.29, 1.82) is 0 Å². The fourth-order valence-electron chi connectivity index (χ4n) is 3.07. The molecule has 3 aromatic carbocycles. The number of amides is 1. The van der Waals surface area contributed by atoms with Crippen LogP contribution in [0.2, 0.25) is 10.0 Å². The van der Waals surface area contributed by atoms with Crippen molar-refractivity contribution in [3.05, 3.63) is 94.5 Å². The molecule has 3 aromatic rings. The van der Waals surface area contributed by atoms with Gasteiger partial charge < -0.3 is 5.32 Å². The lowest BCUT2D eigenvalue weighted by atomic mass is 10.1. The summed E-state index contributed by atoms with van der Waals surface area (Å²) in [6.07, 6.45) is 1.56. The Labute approximate surface area is 192 Å². The van der Waals surface area contributed by atoms with Crippen molar-refractivity contribution in [2.24, 2.45) is 0 Å². The average Bonchev–Trinajstić information content (AvgIpc) is 2.75. The van der Waals surface area contributed by atoms with Crippen molar-refractivity contribution < 1.29 is 13.2 Å². The number of halogens is 2. The topological polar surface area (TPSA) is 66.5 Å². The second-order valence-corrected chi connectivity index (χ2v) is 9.63. The van der Waals surface area contributed by atoms with Crippen LogP contribution in [0.15, 0.2) is 83.8 Å². The average molecular weight is 477 g/mol. The summed E-state index contributed by atoms with van der Waals surface area (Å²) in [5, 5.41) is 3.35. The van der Waals surface area contributed by atoms with Crippen molar-refractivity contribution in [1.82, 2.24) is 5.32 Å². The SMILES string of the molecule is O=C(CN(c1cc(Cl)cc(Cl)c1)S(=O)(=O)c1ccccc1)NCCCc1ccccc1. The highest BCUT2D eigenvalue weighted by atomic mass is 35.5. The lowest BCUT2D eigenvalue weighted by Crippen LogP contribution is -2.41. The molecule has 0 aliphatic heterocycles. The number of sulfonamides is 1. The molecule has 0 bridgehead atoms. The first kappa shape index (κ1) is 23.1. The number of nitrogens with zero attached hydrogens (tertiary/aromatic N) is 1. The van der Waals surface area contributed by atoms with Gasteiger partial charge in [0.25, 0.3) is 10.0 Å². The third-order valence-electron chi connectivity index (χ3n) is 4.56. The molecule has 5 nitrogen and oxygen atoms in total. The number of rotatable bonds is 9. The van der Waals surface area contributed by atoms with Gasteiger partial charge in [-0.25, -0.2) is 8.42 Å². The molecule has 162 valence electrons. The van der Waals surface area contributed by atoms with Gasteiger partial charge >= 0.3 is 0 Å². The van der Waals surface area contributed by atoms with Gasteiger partial charge in [-0.1, -0.05) is 71.7 Å². The molecule has 0 spiro atoms. The van der Waals surface area contributed by atoms with Crippen LogP contribution in [0.1, 0.15) is 12.0 Å². The predicted octanol–water partition coefficient (Wildman–Crippen LogP) is 4.94. The zero-order valence-electron chi connectivity index (χ0n) is 16.7. The number of benzene rings is 3. The van der Waals surface area contributed by atoms with Gasteiger partial charge in [-0.3, -0.25) is 9.10 Å². The van der Waals surface area contributed by atoms with Crippen LogP contribution in [0, 0.1) is 0 Å². The molecule has 0 fully saturated rings. The molecule has 0 aromatic heterocycles. The van der Waals surface area contributed by atoms with E-state index in [0.29, 0.717) is 6.54 Å². The normalized spacial score (nSPS) is 11.2. The lowest BCUT2D eigenvalue weighted by Gasteiger charge is -2.24. The molecule has 0 aliphatic rings. The Morgan fingerprint density at radius 3 is 2.06 bits per heavy atom. The summed E-state index contributed by atoms with van der Waals surface area (Å²) in [5.74, 6) is -0.413. The number of carbonyl (C=O) groups is 1. The molecule has 8 heteroatoms. The molecule has 0 heterocycles. The van der Waals surface area contributed by atoms with E-state index in [9.17, 15) is 13.2 Å². The maximum Gasteiger partial charge on any atom is 0.264 e. The van der Waals surface area contributed by atoms with E-state index >= 15 is 0 Å². The maximum atomic E-state index is 13.3. The van der Waals surface area contributed by atoms with Crippen molar-refractivity contribution in [2.45, 2.75) is 17.7 Å². The minimum Gasteiger partial charge on any atom is -0.355 e. The lowest BCUT2D eigenvalue weighted by molar-refractivity contribution is -0.119. The Hall–Kier alpha value is -2.54. The minimum absolute atomic E-state index is 0.0722. The van der Waals surface area contributed by atoms with Crippen LogP contribution in [0.5, 0.6) is 0 Å². The molecular formula is C23H22Cl2N2O3S. The van der Waals surface area contributed by atoms with Gasteiger partial charge in [0.15, 0.2) is 0 Å². The van der Waals surface area contributed by atoms with Crippen molar-refractivity contribution in [3.63, 3.8) is 0 Å². The summed E-state index contributed by atoms with van der Waals surface area (Å²) in [6.45, 7) is 0.0441. The van der Waals surface area contributed by atoms with E-state index in [1.54, 1.807) is 18.2 Å². The van der Waals surface area contributed by atoms with E-state index in [1.165, 1.54) is 35.9 Å². The van der Waals surface area contributed by atoms with Gasteiger partial charge in [0.05, 0.1) is 10.6 Å². The zero-order chi connectivity index (χ0) is 22.3. The van der Waals surface area contributed by atoms with Crippen LogP contribution in [0.4, 0.5) is 5.69 Å². The standard InChI is InChI=1S/C23H22Cl2N2O3S/c24-19-14-20(25)16-21(15-19)27(31(29,30)22-11-5-2-6-12-22)17-23(28)26-13-7-10-18-8-3-1-4-9-18/h1-6,8-9,11-12,14-16H,7,10,13,17H2,(H,26,28). The Morgan fingerprint density at radius 2 is 1.45 bits per heavy atom. The van der Waals surface area contributed by atoms with Gasteiger partial charge in [-0.05, 0) is 48.7 Å². The van der Waals surface area contributed by atoms with Crippen molar-refractivity contribution in [3.8, 4) is 0 Å². The van der Waals surface area contributed by atoms with Crippen LogP contribution in [-0.4, -0.2) is 27.4 Å². The number of carbonyl (C=O) groups excluding carboxylic acids is 1. The fourth-order valence-corrected chi connectivity index (χ4v) is 5.01. The summed E-state index contributed by atoms with van der Waals surface area (Å²) < 4.78 is 27.6. The monoisotopic (exact) mass is 476 g/mol. The van der Waals surface area contributed by atoms with Gasteiger partial charge in [0, 0.05) is 16.6 Å². The molecule has 1 N–H and O–H groups in total. The molecular weight excluding hydrogens is 455 g/mol. The second-order valence-electron chi connectivity index (χ2n) is 6.89. The highest BCUT2D eigenvalue weighted by Gasteiger charge is 2.27. The highest BCUT2D eigenvalue weighted by molar-refractivity contribution is 7.92. The summed E-state index contributed by atoms with van der Waals surface area (Å²) in [7, 11) is -4.00. The molecule has 0 saturated carbocycles. The number of hydrogen-bond acceptors (Lipinski definition) is 3. The second kappa shape index (κ2) is 10.7. The number of nitrogens with one attached hydrogen (secondary N) is 1. The molecule has 0 unspecified atom stereocenters. The Kier molecular flexibility index (Phi) is 7.96. The van der Waals surface area contributed by atoms with Gasteiger partial charge in [-0.2, -0.15) is 0 Å². The van der Waals surface area contributed by atoms with Crippen LogP contribution in [0.25, 0.3) is 0 Å². The Morgan fingerprint density at radius 1 is 0.871 bits per heavy atom. The van der Waals surface area contributed by atoms with E-state index in [2.05, 4.69) is 5.32 Å². The van der Waals surface area contributed by atoms with Crippen LogP contribution < -0.4 is 9.62 Å². The van der Waals surface area contributed by atoms with E-state index in [1.807, 2.05) is 30.3 Å². The van der Waals surface area contributed by atoms with Gasteiger partial charge in [-0.15, -0.1) is 0 Å². The van der Waals surface area contributed by atoms with E-state index in [-0.39, 0.29) is 27.2 Å². The van der Waals surface area contributed by atoms with E-state index < -0.39 is 15.9 Å². The number of anilines is 1. The van der Waals surface area contributed by atoms with Crippen LogP contribution in [-0.2, 0) is 21.2 Å². The molecule has 0 saturated heterocycles. The first-order valence-corrected chi connectivity index (χ1v) is 11.9. The third kappa shape index (κ3) is 6.47. The maximum absolute atomic E-state index is 13.3. The minimum atomic E-state index is -4.00. The van der Waals surface area contributed by atoms with E-state index in [0.717, 1.165) is 17.1 Å². The molecule has 0 atom stereocenters. The number of aryl methyl sites for hydroxylation is 1. The third-order valence-corrected chi connectivity index (χ3v) is 6.79. The van der Waals surface area contributed by atoms with Crippen molar-refractivity contribution >= 4 is 44.8 Å². The highest BCUT2D eigenvalue weighted by Crippen LogP contribution is 2.29. The van der Waals surface area contributed by atoms with Crippen molar-refractivity contribution in [2.75, 3.05) is 17.4 Å². The Balaban J connectivity index is 1.74. The first-order chi connectivity index (χ1) is 14.9. The molecule has 3 rings (SSSR count). The van der Waals surface area contributed by atoms with Crippen LogP contribution >= 0.6 is 23.2 Å². The zero-order valence-corrected chi connectivity index (χ0v) is 19.0. The smallest absolute Gasteiger partial charge is 0.264 e. The molecule has 1 amide bonds. The summed E-state index contributed by atoms with van der Waals surface area (Å²) in [4.78, 5) is 12.7. The molecule has 0 aliphatic carbocycles. The largest absolute Gasteiger partial charge is 0.355 e. The first-order valence-electron chi connectivity index (χ1n) is 9.71. The van der Waals surface area contributed by atoms with Gasteiger partial charge in [0.1, 0.15) is 6.54 Å². The summed E-state index contributed by atoms with van der Waals surface area (Å²) >= 11 is 12.2. The molecule has 0 radical (unpaired) electrons. The molecule has 31 heavy (non-hydrogen) atoms. The van der Waals surface area contributed by atoms with E-state index in [4.69, 9.17) is 23.2 Å². The number of hydrogen-bond donors (Lipinski definition) is 1. The summed E-state index contributed by atoms with van der Waals surface area (Å²) in [5.41, 5.74) is 1.40. The fraction of sp³-hybridized carbons (Fsp3) is 0.174. The summed E-state index contributed by atoms with van der Waals surface area (Å²) in [6, 6.07) is 22.3.